The maximum Gasteiger partial charge on any atom is 0.246 e. The number of hydrogen-bond acceptors (Lipinski definition) is 3. The van der Waals surface area contributed by atoms with Gasteiger partial charge in [-0.3, -0.25) is 19.3 Å². The van der Waals surface area contributed by atoms with Crippen LogP contribution < -0.4 is 0 Å². The molecule has 5 rings (SSSR count). The molecule has 1 aromatic carbocycles. The highest BCUT2D eigenvalue weighted by atomic mass is 16.2. The molecule has 29 heavy (non-hydrogen) atoms. The van der Waals surface area contributed by atoms with E-state index in [-0.39, 0.29) is 41.4 Å². The zero-order valence-electron chi connectivity index (χ0n) is 16.7. The van der Waals surface area contributed by atoms with Crippen molar-refractivity contribution in [2.75, 3.05) is 13.1 Å². The molecule has 0 radical (unpaired) electrons. The van der Waals surface area contributed by atoms with Crippen molar-refractivity contribution in [3.8, 4) is 0 Å². The molecule has 3 fully saturated rings. The first-order valence-electron chi connectivity index (χ1n) is 11.0. The molecule has 2 aliphatic carbocycles. The molecular formula is C24H28N2O3. The third-order valence-electron chi connectivity index (χ3n) is 7.29. The minimum absolute atomic E-state index is 0.0577. The van der Waals surface area contributed by atoms with Crippen molar-refractivity contribution in [3.05, 3.63) is 48.0 Å². The molecule has 1 aromatic rings. The number of fused-ring (bicyclic) bond motifs is 5. The molecule has 4 aliphatic rings. The normalized spacial score (nSPS) is 31.9. The van der Waals surface area contributed by atoms with Gasteiger partial charge in [0.15, 0.2) is 0 Å². The largest absolute Gasteiger partial charge is 0.341 e. The predicted octanol–water partition coefficient (Wildman–Crippen LogP) is 2.81. The Morgan fingerprint density at radius 1 is 0.897 bits per heavy atom. The Kier molecular flexibility index (Phi) is 4.76. The molecule has 2 aliphatic heterocycles. The molecule has 5 atom stereocenters. The van der Waals surface area contributed by atoms with Gasteiger partial charge in [-0.2, -0.15) is 0 Å². The van der Waals surface area contributed by atoms with Crippen LogP contribution in [-0.4, -0.2) is 46.7 Å². The van der Waals surface area contributed by atoms with E-state index in [1.807, 2.05) is 35.2 Å². The van der Waals surface area contributed by atoms with Crippen molar-refractivity contribution in [1.82, 2.24) is 9.80 Å². The Labute approximate surface area is 171 Å². The Bertz CT molecular complexity index is 811. The molecule has 2 heterocycles. The first kappa shape index (κ1) is 18.6. The van der Waals surface area contributed by atoms with Crippen LogP contribution in [0, 0.1) is 23.7 Å². The molecular weight excluding hydrogens is 364 g/mol. The summed E-state index contributed by atoms with van der Waals surface area (Å²) in [6.45, 7) is 1.44. The van der Waals surface area contributed by atoms with Crippen LogP contribution in [0.25, 0.3) is 0 Å². The summed E-state index contributed by atoms with van der Waals surface area (Å²) in [5.41, 5.74) is 0.986. The van der Waals surface area contributed by atoms with Gasteiger partial charge >= 0.3 is 0 Å². The molecule has 0 unspecified atom stereocenters. The highest BCUT2D eigenvalue weighted by Gasteiger charge is 2.61. The first-order valence-corrected chi connectivity index (χ1v) is 11.0. The van der Waals surface area contributed by atoms with Crippen LogP contribution in [-0.2, 0) is 20.8 Å². The van der Waals surface area contributed by atoms with Crippen molar-refractivity contribution < 1.29 is 14.4 Å². The number of likely N-dealkylation sites (tertiary alicyclic amines) is 2. The minimum Gasteiger partial charge on any atom is -0.341 e. The third kappa shape index (κ3) is 3.11. The van der Waals surface area contributed by atoms with Crippen LogP contribution in [0.5, 0.6) is 0 Å². The summed E-state index contributed by atoms with van der Waals surface area (Å²) >= 11 is 0. The number of carbonyl (C=O) groups is 3. The standard InChI is InChI=1S/C24H28N2O3/c27-22(25-12-6-1-2-7-13-25)19(14-16-8-4-3-5-9-16)26-23(28)20-17-10-11-18(15-17)21(20)24(26)29/h3-5,8-11,17-21H,1-2,6-7,12-15H2/t17-,18+,19-,20-,21+/m1/s1. The van der Waals surface area contributed by atoms with E-state index in [4.69, 9.17) is 0 Å². The van der Waals surface area contributed by atoms with Crippen molar-refractivity contribution >= 4 is 17.7 Å². The predicted molar refractivity (Wildman–Crippen MR) is 109 cm³/mol. The fourth-order valence-corrected chi connectivity index (χ4v) is 5.86. The summed E-state index contributed by atoms with van der Waals surface area (Å²) in [5.74, 6) is -0.491. The van der Waals surface area contributed by atoms with Crippen molar-refractivity contribution in [2.45, 2.75) is 44.6 Å². The van der Waals surface area contributed by atoms with Crippen LogP contribution in [0.4, 0.5) is 0 Å². The van der Waals surface area contributed by atoms with E-state index in [2.05, 4.69) is 12.2 Å². The average Bonchev–Trinajstić information content (AvgIpc) is 3.33. The monoisotopic (exact) mass is 392 g/mol. The van der Waals surface area contributed by atoms with Crippen LogP contribution in [0.1, 0.15) is 37.7 Å². The molecule has 2 bridgehead atoms. The topological polar surface area (TPSA) is 57.7 Å². The molecule has 152 valence electrons. The van der Waals surface area contributed by atoms with Gasteiger partial charge in [0.05, 0.1) is 11.8 Å². The smallest absolute Gasteiger partial charge is 0.246 e. The molecule has 0 N–H and O–H groups in total. The van der Waals surface area contributed by atoms with Crippen molar-refractivity contribution in [3.63, 3.8) is 0 Å². The van der Waals surface area contributed by atoms with E-state index in [1.165, 1.54) is 4.90 Å². The van der Waals surface area contributed by atoms with Gasteiger partial charge in [-0.1, -0.05) is 55.3 Å². The number of amides is 3. The number of nitrogens with zero attached hydrogens (tertiary/aromatic N) is 2. The second kappa shape index (κ2) is 7.43. The maximum atomic E-state index is 13.6. The number of hydrogen-bond donors (Lipinski definition) is 0. The summed E-state index contributed by atoms with van der Waals surface area (Å²) in [5, 5.41) is 0. The molecule has 0 spiro atoms. The highest BCUT2D eigenvalue weighted by molar-refractivity contribution is 6.09. The zero-order valence-corrected chi connectivity index (χ0v) is 16.7. The quantitative estimate of drug-likeness (QED) is 0.585. The molecule has 3 amide bonds. The van der Waals surface area contributed by atoms with Crippen molar-refractivity contribution in [1.29, 1.82) is 0 Å². The van der Waals surface area contributed by atoms with Gasteiger partial charge in [0.1, 0.15) is 6.04 Å². The lowest BCUT2D eigenvalue weighted by Crippen LogP contribution is -2.53. The summed E-state index contributed by atoms with van der Waals surface area (Å²) in [6, 6.07) is 9.04. The van der Waals surface area contributed by atoms with Gasteiger partial charge in [-0.05, 0) is 36.7 Å². The van der Waals surface area contributed by atoms with E-state index in [9.17, 15) is 14.4 Å². The first-order chi connectivity index (χ1) is 14.1. The molecule has 1 saturated carbocycles. The lowest BCUT2D eigenvalue weighted by Gasteiger charge is -2.32. The fraction of sp³-hybridized carbons (Fsp3) is 0.542. The molecule has 2 saturated heterocycles. The summed E-state index contributed by atoms with van der Waals surface area (Å²) in [4.78, 5) is 43.6. The number of rotatable bonds is 4. The summed E-state index contributed by atoms with van der Waals surface area (Å²) < 4.78 is 0. The van der Waals surface area contributed by atoms with Gasteiger partial charge < -0.3 is 4.90 Å². The van der Waals surface area contributed by atoms with Crippen LogP contribution in [0.2, 0.25) is 0 Å². The van der Waals surface area contributed by atoms with Gasteiger partial charge in [-0.25, -0.2) is 0 Å². The van der Waals surface area contributed by atoms with E-state index in [1.54, 1.807) is 0 Å². The Balaban J connectivity index is 1.46. The SMILES string of the molecule is O=C([C@@H](Cc1ccccc1)N1C(=O)[C@@H]2[C@H](C1=O)[C@@H]1C=C[C@H]2C1)N1CCCCCC1. The second-order valence-corrected chi connectivity index (χ2v) is 8.99. The number of imide groups is 1. The highest BCUT2D eigenvalue weighted by Crippen LogP contribution is 2.53. The lowest BCUT2D eigenvalue weighted by molar-refractivity contribution is -0.152. The fourth-order valence-electron chi connectivity index (χ4n) is 5.86. The number of benzene rings is 1. The van der Waals surface area contributed by atoms with Gasteiger partial charge in [-0.15, -0.1) is 0 Å². The minimum atomic E-state index is -0.722. The maximum absolute atomic E-state index is 13.6. The Morgan fingerprint density at radius 3 is 2.07 bits per heavy atom. The van der Waals surface area contributed by atoms with E-state index in [0.29, 0.717) is 6.42 Å². The number of allylic oxidation sites excluding steroid dienone is 2. The van der Waals surface area contributed by atoms with Crippen LogP contribution in [0.3, 0.4) is 0 Å². The molecule has 5 nitrogen and oxygen atoms in total. The van der Waals surface area contributed by atoms with Gasteiger partial charge in [0.2, 0.25) is 17.7 Å². The van der Waals surface area contributed by atoms with Crippen LogP contribution >= 0.6 is 0 Å². The van der Waals surface area contributed by atoms with E-state index >= 15 is 0 Å². The third-order valence-corrected chi connectivity index (χ3v) is 7.29. The summed E-state index contributed by atoms with van der Waals surface area (Å²) in [7, 11) is 0. The molecule has 0 aromatic heterocycles. The van der Waals surface area contributed by atoms with E-state index < -0.39 is 6.04 Å². The van der Waals surface area contributed by atoms with Crippen molar-refractivity contribution in [2.24, 2.45) is 23.7 Å². The van der Waals surface area contributed by atoms with Gasteiger partial charge in [0.25, 0.3) is 0 Å². The van der Waals surface area contributed by atoms with Gasteiger partial charge in [0, 0.05) is 19.5 Å². The lowest BCUT2D eigenvalue weighted by atomic mass is 9.85. The summed E-state index contributed by atoms with van der Waals surface area (Å²) in [6.07, 6.45) is 9.75. The van der Waals surface area contributed by atoms with Crippen LogP contribution in [0.15, 0.2) is 42.5 Å². The second-order valence-electron chi connectivity index (χ2n) is 8.99. The zero-order chi connectivity index (χ0) is 20.0. The Hall–Kier alpha value is -2.43. The van der Waals surface area contributed by atoms with E-state index in [0.717, 1.165) is 50.8 Å². The average molecular weight is 392 g/mol. The Morgan fingerprint density at radius 2 is 1.48 bits per heavy atom. The number of carbonyl (C=O) groups excluding carboxylic acids is 3. The molecule has 5 heteroatoms.